The molecule has 2 N–H and O–H groups in total. The summed E-state index contributed by atoms with van der Waals surface area (Å²) in [5.41, 5.74) is 5.60. The van der Waals surface area contributed by atoms with E-state index < -0.39 is 0 Å². The van der Waals surface area contributed by atoms with Crippen LogP contribution in [-0.2, 0) is 19.4 Å². The number of hydrogen-bond acceptors (Lipinski definition) is 3. The van der Waals surface area contributed by atoms with E-state index in [0.29, 0.717) is 13.1 Å². The van der Waals surface area contributed by atoms with Gasteiger partial charge in [-0.3, -0.25) is 4.79 Å². The number of aryl methyl sites for hydroxylation is 2. The number of aromatic amines is 2. The quantitative estimate of drug-likeness (QED) is 0.706. The molecule has 27 heavy (non-hydrogen) atoms. The summed E-state index contributed by atoms with van der Waals surface area (Å²) in [5.74, 6) is 0.0686. The summed E-state index contributed by atoms with van der Waals surface area (Å²) < 4.78 is 0. The Hall–Kier alpha value is -2.60. The second kappa shape index (κ2) is 7.56. The van der Waals surface area contributed by atoms with Crippen molar-refractivity contribution in [2.75, 3.05) is 27.2 Å². The SMILES string of the molecule is CN(C)CCN(Cc1cnc[nH]1)C(=O)c1ccc2[nH]c3c(c2c1)CCCC3. The molecule has 1 aromatic carbocycles. The van der Waals surface area contributed by atoms with Gasteiger partial charge in [-0.1, -0.05) is 0 Å². The molecule has 0 unspecified atom stereocenters. The fourth-order valence-corrected chi connectivity index (χ4v) is 3.87. The first-order valence-electron chi connectivity index (χ1n) is 9.66. The van der Waals surface area contributed by atoms with E-state index in [1.54, 1.807) is 12.5 Å². The van der Waals surface area contributed by atoms with Gasteiger partial charge in [0, 0.05) is 41.4 Å². The minimum absolute atomic E-state index is 0.0686. The maximum atomic E-state index is 13.3. The van der Waals surface area contributed by atoms with E-state index >= 15 is 0 Å². The van der Waals surface area contributed by atoms with Crippen LogP contribution in [-0.4, -0.2) is 57.8 Å². The van der Waals surface area contributed by atoms with Gasteiger partial charge in [0.2, 0.25) is 0 Å². The van der Waals surface area contributed by atoms with E-state index in [1.807, 2.05) is 25.1 Å². The summed E-state index contributed by atoms with van der Waals surface area (Å²) in [6.07, 6.45) is 8.12. The van der Waals surface area contributed by atoms with Gasteiger partial charge in [0.1, 0.15) is 0 Å². The number of likely N-dealkylation sites (N-methyl/N-ethyl adjacent to an activating group) is 1. The normalized spacial score (nSPS) is 13.9. The largest absolute Gasteiger partial charge is 0.358 e. The first-order chi connectivity index (χ1) is 13.1. The first-order valence-corrected chi connectivity index (χ1v) is 9.66. The number of nitrogens with zero attached hydrogens (tertiary/aromatic N) is 3. The van der Waals surface area contributed by atoms with Crippen molar-refractivity contribution in [2.24, 2.45) is 0 Å². The van der Waals surface area contributed by atoms with E-state index in [9.17, 15) is 4.79 Å². The average Bonchev–Trinajstić information content (AvgIpc) is 3.31. The van der Waals surface area contributed by atoms with Crippen LogP contribution in [0.4, 0.5) is 0 Å². The highest BCUT2D eigenvalue weighted by molar-refractivity contribution is 5.99. The molecule has 0 saturated carbocycles. The fraction of sp³-hybridized carbons (Fsp3) is 0.429. The summed E-state index contributed by atoms with van der Waals surface area (Å²) in [4.78, 5) is 28.0. The molecule has 0 aliphatic heterocycles. The number of hydrogen-bond donors (Lipinski definition) is 2. The molecule has 6 heteroatoms. The van der Waals surface area contributed by atoms with Gasteiger partial charge < -0.3 is 19.8 Å². The number of benzene rings is 1. The van der Waals surface area contributed by atoms with Crippen LogP contribution < -0.4 is 0 Å². The first kappa shape index (κ1) is 17.8. The zero-order chi connectivity index (χ0) is 18.8. The Morgan fingerprint density at radius 3 is 2.81 bits per heavy atom. The number of carbonyl (C=O) groups excluding carboxylic acids is 1. The Labute approximate surface area is 159 Å². The van der Waals surface area contributed by atoms with Crippen LogP contribution in [0.15, 0.2) is 30.7 Å². The standard InChI is InChI=1S/C21H27N5O/c1-25(2)9-10-26(13-16-12-22-14-23-16)21(27)15-7-8-20-18(11-15)17-5-3-4-6-19(17)24-20/h7-8,11-12,14,24H,3-6,9-10,13H2,1-2H3,(H,22,23). The van der Waals surface area contributed by atoms with Crippen LogP contribution in [0.25, 0.3) is 10.9 Å². The lowest BCUT2D eigenvalue weighted by Crippen LogP contribution is -2.36. The minimum atomic E-state index is 0.0686. The number of aromatic nitrogens is 3. The summed E-state index contributed by atoms with van der Waals surface area (Å²) in [6, 6.07) is 6.08. The van der Waals surface area contributed by atoms with Crippen LogP contribution in [0.1, 0.15) is 40.2 Å². The van der Waals surface area contributed by atoms with Crippen LogP contribution in [0.2, 0.25) is 0 Å². The molecular formula is C21H27N5O. The lowest BCUT2D eigenvalue weighted by Gasteiger charge is -2.24. The third-order valence-electron chi connectivity index (χ3n) is 5.37. The van der Waals surface area contributed by atoms with Gasteiger partial charge in [-0.05, 0) is 63.5 Å². The summed E-state index contributed by atoms with van der Waals surface area (Å²) in [7, 11) is 4.05. The second-order valence-electron chi connectivity index (χ2n) is 7.66. The van der Waals surface area contributed by atoms with Gasteiger partial charge in [-0.25, -0.2) is 4.98 Å². The van der Waals surface area contributed by atoms with Crippen molar-refractivity contribution in [1.82, 2.24) is 24.8 Å². The number of imidazole rings is 1. The fourth-order valence-electron chi connectivity index (χ4n) is 3.87. The van der Waals surface area contributed by atoms with Gasteiger partial charge >= 0.3 is 0 Å². The highest BCUT2D eigenvalue weighted by Gasteiger charge is 2.20. The molecule has 0 radical (unpaired) electrons. The molecule has 6 nitrogen and oxygen atoms in total. The van der Waals surface area contributed by atoms with Gasteiger partial charge in [-0.2, -0.15) is 0 Å². The van der Waals surface area contributed by atoms with Crippen molar-refractivity contribution in [3.05, 3.63) is 53.2 Å². The maximum Gasteiger partial charge on any atom is 0.254 e. The molecule has 2 heterocycles. The molecule has 0 bridgehead atoms. The lowest BCUT2D eigenvalue weighted by atomic mass is 9.95. The highest BCUT2D eigenvalue weighted by atomic mass is 16.2. The van der Waals surface area contributed by atoms with Gasteiger partial charge in [0.05, 0.1) is 18.6 Å². The zero-order valence-corrected chi connectivity index (χ0v) is 16.1. The molecule has 1 aliphatic carbocycles. The number of nitrogens with one attached hydrogen (secondary N) is 2. The number of H-pyrrole nitrogens is 2. The van der Waals surface area contributed by atoms with E-state index in [0.717, 1.165) is 36.2 Å². The molecule has 4 rings (SSSR count). The topological polar surface area (TPSA) is 68.0 Å². The van der Waals surface area contributed by atoms with Gasteiger partial charge in [-0.15, -0.1) is 0 Å². The number of fused-ring (bicyclic) bond motifs is 3. The summed E-state index contributed by atoms with van der Waals surface area (Å²) in [6.45, 7) is 2.03. The van der Waals surface area contributed by atoms with Gasteiger partial charge in [0.25, 0.3) is 5.91 Å². The minimum Gasteiger partial charge on any atom is -0.358 e. The Morgan fingerprint density at radius 1 is 1.19 bits per heavy atom. The lowest BCUT2D eigenvalue weighted by molar-refractivity contribution is 0.0730. The predicted molar refractivity (Wildman–Crippen MR) is 107 cm³/mol. The van der Waals surface area contributed by atoms with Crippen molar-refractivity contribution in [3.8, 4) is 0 Å². The monoisotopic (exact) mass is 365 g/mol. The molecule has 3 aromatic rings. The molecule has 0 atom stereocenters. The Bertz CT molecular complexity index is 926. The molecule has 1 aliphatic rings. The third kappa shape index (κ3) is 3.76. The van der Waals surface area contributed by atoms with Crippen LogP contribution in [0.3, 0.4) is 0 Å². The molecule has 142 valence electrons. The Kier molecular flexibility index (Phi) is 4.99. The van der Waals surface area contributed by atoms with Crippen LogP contribution in [0.5, 0.6) is 0 Å². The van der Waals surface area contributed by atoms with E-state index in [1.165, 1.54) is 29.5 Å². The third-order valence-corrected chi connectivity index (χ3v) is 5.37. The number of carbonyl (C=O) groups is 1. The van der Waals surface area contributed by atoms with Gasteiger partial charge in [0.15, 0.2) is 0 Å². The molecular weight excluding hydrogens is 338 g/mol. The Balaban J connectivity index is 1.63. The van der Waals surface area contributed by atoms with E-state index in [4.69, 9.17) is 0 Å². The average molecular weight is 365 g/mol. The molecule has 2 aromatic heterocycles. The van der Waals surface area contributed by atoms with Crippen molar-refractivity contribution in [2.45, 2.75) is 32.2 Å². The van der Waals surface area contributed by atoms with Crippen molar-refractivity contribution in [1.29, 1.82) is 0 Å². The van der Waals surface area contributed by atoms with E-state index in [2.05, 4.69) is 32.0 Å². The smallest absolute Gasteiger partial charge is 0.254 e. The molecule has 0 fully saturated rings. The summed E-state index contributed by atoms with van der Waals surface area (Å²) in [5, 5.41) is 1.21. The molecule has 0 saturated heterocycles. The Morgan fingerprint density at radius 2 is 2.04 bits per heavy atom. The highest BCUT2D eigenvalue weighted by Crippen LogP contribution is 2.30. The second-order valence-corrected chi connectivity index (χ2v) is 7.66. The molecule has 1 amide bonds. The van der Waals surface area contributed by atoms with Crippen molar-refractivity contribution < 1.29 is 4.79 Å². The van der Waals surface area contributed by atoms with Crippen LogP contribution >= 0.6 is 0 Å². The number of rotatable bonds is 6. The van der Waals surface area contributed by atoms with Crippen LogP contribution in [0, 0.1) is 0 Å². The molecule has 0 spiro atoms. The van der Waals surface area contributed by atoms with Crippen molar-refractivity contribution in [3.63, 3.8) is 0 Å². The zero-order valence-electron chi connectivity index (χ0n) is 16.1. The van der Waals surface area contributed by atoms with E-state index in [-0.39, 0.29) is 5.91 Å². The predicted octanol–water partition coefficient (Wildman–Crippen LogP) is 2.97. The van der Waals surface area contributed by atoms with Crippen molar-refractivity contribution >= 4 is 16.8 Å². The number of amides is 1. The summed E-state index contributed by atoms with van der Waals surface area (Å²) >= 11 is 0. The maximum absolute atomic E-state index is 13.3.